The summed E-state index contributed by atoms with van der Waals surface area (Å²) in [6.45, 7) is 3.68. The summed E-state index contributed by atoms with van der Waals surface area (Å²) in [4.78, 5) is 2.42. The molecule has 1 heterocycles. The Morgan fingerprint density at radius 1 is 1.18 bits per heavy atom. The van der Waals surface area contributed by atoms with E-state index >= 15 is 0 Å². The summed E-state index contributed by atoms with van der Waals surface area (Å²) in [5, 5.41) is 8.69. The van der Waals surface area contributed by atoms with Crippen LogP contribution in [0.25, 0.3) is 0 Å². The molecule has 0 unspecified atom stereocenters. The highest BCUT2D eigenvalue weighted by Gasteiger charge is 2.25. The van der Waals surface area contributed by atoms with Crippen molar-refractivity contribution < 1.29 is 9.50 Å². The minimum atomic E-state index is -0.159. The molecule has 1 N–H and O–H groups in total. The molecule has 3 heteroatoms. The third-order valence-electron chi connectivity index (χ3n) is 3.35. The Bertz CT molecular complexity index is 333. The van der Waals surface area contributed by atoms with Crippen LogP contribution < -0.4 is 0 Å². The molecule has 17 heavy (non-hydrogen) atoms. The molecule has 2 nitrogen and oxygen atoms in total. The van der Waals surface area contributed by atoms with Gasteiger partial charge in [-0.1, -0.05) is 12.1 Å². The van der Waals surface area contributed by atoms with Gasteiger partial charge in [0.15, 0.2) is 0 Å². The Kier molecular flexibility index (Phi) is 4.51. The third kappa shape index (κ3) is 3.79. The first-order valence-electron chi connectivity index (χ1n) is 6.35. The van der Waals surface area contributed by atoms with Gasteiger partial charge < -0.3 is 10.0 Å². The fourth-order valence-electron chi connectivity index (χ4n) is 2.39. The van der Waals surface area contributed by atoms with Crippen LogP contribution in [-0.2, 0) is 6.42 Å². The maximum absolute atomic E-state index is 12.7. The average molecular weight is 237 g/mol. The first kappa shape index (κ1) is 12.5. The first-order valence-corrected chi connectivity index (χ1v) is 6.35. The highest BCUT2D eigenvalue weighted by atomic mass is 19.1. The number of hydrogen-bond acceptors (Lipinski definition) is 2. The van der Waals surface area contributed by atoms with Crippen molar-refractivity contribution in [3.8, 4) is 0 Å². The minimum absolute atomic E-state index is 0.159. The van der Waals surface area contributed by atoms with Gasteiger partial charge in [-0.3, -0.25) is 0 Å². The lowest BCUT2D eigenvalue weighted by Crippen LogP contribution is -2.47. The van der Waals surface area contributed by atoms with Gasteiger partial charge in [0.2, 0.25) is 0 Å². The number of likely N-dealkylation sites (tertiary alicyclic amines) is 1. The van der Waals surface area contributed by atoms with E-state index in [9.17, 15) is 4.39 Å². The van der Waals surface area contributed by atoms with Gasteiger partial charge in [0.05, 0.1) is 0 Å². The monoisotopic (exact) mass is 237 g/mol. The van der Waals surface area contributed by atoms with Crippen LogP contribution in [0, 0.1) is 11.7 Å². The predicted octanol–water partition coefficient (Wildman–Crippen LogP) is 2.07. The highest BCUT2D eigenvalue weighted by molar-refractivity contribution is 5.17. The number of aliphatic hydroxyl groups excluding tert-OH is 1. The second-order valence-electron chi connectivity index (χ2n) is 4.89. The second kappa shape index (κ2) is 6.12. The third-order valence-corrected chi connectivity index (χ3v) is 3.35. The predicted molar refractivity (Wildman–Crippen MR) is 66.4 cm³/mol. The normalized spacial score (nSPS) is 17.1. The van der Waals surface area contributed by atoms with E-state index in [2.05, 4.69) is 4.90 Å². The maximum Gasteiger partial charge on any atom is 0.123 e. The lowest BCUT2D eigenvalue weighted by atomic mass is 9.92. The molecular weight excluding hydrogens is 217 g/mol. The molecule has 2 rings (SSSR count). The zero-order valence-corrected chi connectivity index (χ0v) is 10.1. The molecule has 0 radical (unpaired) electrons. The Balaban J connectivity index is 1.65. The lowest BCUT2D eigenvalue weighted by molar-refractivity contribution is 0.0964. The number of halogens is 1. The van der Waals surface area contributed by atoms with Crippen molar-refractivity contribution in [3.05, 3.63) is 35.6 Å². The standard InChI is InChI=1S/C14H20FNO/c15-14-5-3-12(4-6-14)9-13-10-16(11-13)7-1-2-8-17/h3-6,13,17H,1-2,7-11H2. The topological polar surface area (TPSA) is 23.5 Å². The van der Waals surface area contributed by atoms with E-state index in [-0.39, 0.29) is 5.82 Å². The Morgan fingerprint density at radius 2 is 1.88 bits per heavy atom. The fourth-order valence-corrected chi connectivity index (χ4v) is 2.39. The number of nitrogens with zero attached hydrogens (tertiary/aromatic N) is 1. The van der Waals surface area contributed by atoms with Crippen LogP contribution in [0.15, 0.2) is 24.3 Å². The first-order chi connectivity index (χ1) is 8.28. The van der Waals surface area contributed by atoms with Gasteiger partial charge in [0.1, 0.15) is 5.82 Å². The Hall–Kier alpha value is -0.930. The van der Waals surface area contributed by atoms with Gasteiger partial charge in [-0.05, 0) is 49.4 Å². The summed E-state index contributed by atoms with van der Waals surface area (Å²) in [5.41, 5.74) is 1.23. The molecule has 0 aromatic heterocycles. The lowest BCUT2D eigenvalue weighted by Gasteiger charge is -2.39. The number of rotatable bonds is 6. The zero-order valence-electron chi connectivity index (χ0n) is 10.1. The molecule has 0 saturated carbocycles. The zero-order chi connectivity index (χ0) is 12.1. The molecule has 1 aliphatic rings. The van der Waals surface area contributed by atoms with Crippen molar-refractivity contribution in [1.29, 1.82) is 0 Å². The molecule has 1 aliphatic heterocycles. The van der Waals surface area contributed by atoms with E-state index in [1.54, 1.807) is 0 Å². The van der Waals surface area contributed by atoms with Crippen molar-refractivity contribution in [3.63, 3.8) is 0 Å². The van der Waals surface area contributed by atoms with Crippen molar-refractivity contribution >= 4 is 0 Å². The summed E-state index contributed by atoms with van der Waals surface area (Å²) in [5.74, 6) is 0.558. The van der Waals surface area contributed by atoms with Gasteiger partial charge in [-0.2, -0.15) is 0 Å². The fraction of sp³-hybridized carbons (Fsp3) is 0.571. The molecule has 1 aromatic carbocycles. The smallest absolute Gasteiger partial charge is 0.123 e. The summed E-state index contributed by atoms with van der Waals surface area (Å²) in [6, 6.07) is 6.83. The highest BCUT2D eigenvalue weighted by Crippen LogP contribution is 2.20. The molecule has 0 spiro atoms. The largest absolute Gasteiger partial charge is 0.396 e. The van der Waals surface area contributed by atoms with Crippen LogP contribution in [0.2, 0.25) is 0 Å². The van der Waals surface area contributed by atoms with Gasteiger partial charge in [0, 0.05) is 19.7 Å². The van der Waals surface area contributed by atoms with Crippen LogP contribution in [0.4, 0.5) is 4.39 Å². The van der Waals surface area contributed by atoms with E-state index in [0.717, 1.165) is 44.8 Å². The van der Waals surface area contributed by atoms with Crippen LogP contribution >= 0.6 is 0 Å². The Morgan fingerprint density at radius 3 is 2.53 bits per heavy atom. The molecule has 1 fully saturated rings. The van der Waals surface area contributed by atoms with Gasteiger partial charge in [-0.25, -0.2) is 4.39 Å². The van der Waals surface area contributed by atoms with Crippen molar-refractivity contribution in [1.82, 2.24) is 4.90 Å². The molecule has 1 aromatic rings. The van der Waals surface area contributed by atoms with Gasteiger partial charge in [-0.15, -0.1) is 0 Å². The molecule has 0 bridgehead atoms. The van der Waals surface area contributed by atoms with Crippen molar-refractivity contribution in [2.45, 2.75) is 19.3 Å². The number of benzene rings is 1. The van der Waals surface area contributed by atoms with Crippen molar-refractivity contribution in [2.75, 3.05) is 26.2 Å². The molecule has 94 valence electrons. The maximum atomic E-state index is 12.7. The summed E-state index contributed by atoms with van der Waals surface area (Å²) in [7, 11) is 0. The minimum Gasteiger partial charge on any atom is -0.396 e. The summed E-state index contributed by atoms with van der Waals surface area (Å²) in [6.07, 6.45) is 3.04. The quantitative estimate of drug-likeness (QED) is 0.766. The second-order valence-corrected chi connectivity index (χ2v) is 4.89. The molecule has 0 atom stereocenters. The van der Waals surface area contributed by atoms with E-state index in [4.69, 9.17) is 5.11 Å². The molecule has 0 aliphatic carbocycles. The van der Waals surface area contributed by atoms with Crippen LogP contribution in [0.5, 0.6) is 0 Å². The number of unbranched alkanes of at least 4 members (excludes halogenated alkanes) is 1. The molecule has 0 amide bonds. The summed E-state index contributed by atoms with van der Waals surface area (Å²) < 4.78 is 12.7. The SMILES string of the molecule is OCCCCN1CC(Cc2ccc(F)cc2)C1. The van der Waals surface area contributed by atoms with Crippen LogP contribution in [0.1, 0.15) is 18.4 Å². The van der Waals surface area contributed by atoms with Gasteiger partial charge >= 0.3 is 0 Å². The average Bonchev–Trinajstić information content (AvgIpc) is 2.28. The van der Waals surface area contributed by atoms with E-state index in [0.29, 0.717) is 6.61 Å². The van der Waals surface area contributed by atoms with E-state index in [1.807, 2.05) is 12.1 Å². The van der Waals surface area contributed by atoms with Gasteiger partial charge in [0.25, 0.3) is 0 Å². The molecular formula is C14H20FNO. The van der Waals surface area contributed by atoms with Crippen LogP contribution in [-0.4, -0.2) is 36.2 Å². The van der Waals surface area contributed by atoms with Crippen molar-refractivity contribution in [2.24, 2.45) is 5.92 Å². The number of hydrogen-bond donors (Lipinski definition) is 1. The molecule has 1 saturated heterocycles. The Labute approximate surface area is 102 Å². The van der Waals surface area contributed by atoms with E-state index in [1.165, 1.54) is 17.7 Å². The van der Waals surface area contributed by atoms with Crippen LogP contribution in [0.3, 0.4) is 0 Å². The summed E-state index contributed by atoms with van der Waals surface area (Å²) >= 11 is 0. The van der Waals surface area contributed by atoms with E-state index < -0.39 is 0 Å². The number of aliphatic hydroxyl groups is 1.